The average molecular weight is 222 g/mol. The number of ketones is 1. The second-order valence-corrected chi connectivity index (χ2v) is 5.65. The van der Waals surface area contributed by atoms with Gasteiger partial charge >= 0.3 is 0 Å². The van der Waals surface area contributed by atoms with E-state index in [4.69, 9.17) is 0 Å². The zero-order valence-electron chi connectivity index (χ0n) is 9.83. The van der Waals surface area contributed by atoms with Crippen LogP contribution in [0, 0.1) is 13.8 Å². The van der Waals surface area contributed by atoms with Crippen LogP contribution in [0.4, 0.5) is 0 Å². The maximum absolute atomic E-state index is 11.8. The molecule has 1 aromatic rings. The third kappa shape index (κ3) is 3.71. The van der Waals surface area contributed by atoms with Crippen LogP contribution in [0.3, 0.4) is 0 Å². The van der Waals surface area contributed by atoms with Gasteiger partial charge in [0, 0.05) is 5.56 Å². The lowest BCUT2D eigenvalue weighted by Gasteiger charge is -2.06. The van der Waals surface area contributed by atoms with Crippen LogP contribution in [-0.4, -0.2) is 16.8 Å². The summed E-state index contributed by atoms with van der Waals surface area (Å²) in [5.74, 6) is 0.817. The van der Waals surface area contributed by atoms with Gasteiger partial charge in [0.05, 0.1) is 5.75 Å². The Kier molecular flexibility index (Phi) is 4.40. The Balaban J connectivity index is 2.70. The van der Waals surface area contributed by atoms with Crippen molar-refractivity contribution in [1.29, 1.82) is 0 Å². The first-order chi connectivity index (χ1) is 7.00. The number of hydrogen-bond donors (Lipinski definition) is 0. The van der Waals surface area contributed by atoms with Crippen LogP contribution in [0.2, 0.25) is 0 Å². The fourth-order valence-corrected chi connectivity index (χ4v) is 1.89. The summed E-state index contributed by atoms with van der Waals surface area (Å²) >= 11 is 1.69. The van der Waals surface area contributed by atoms with Crippen LogP contribution in [0.5, 0.6) is 0 Å². The quantitative estimate of drug-likeness (QED) is 0.724. The fourth-order valence-electron chi connectivity index (χ4n) is 1.24. The molecule has 2 heteroatoms. The first kappa shape index (κ1) is 12.3. The Morgan fingerprint density at radius 1 is 1.27 bits per heavy atom. The molecule has 0 amide bonds. The lowest BCUT2D eigenvalue weighted by atomic mass is 10.0. The lowest BCUT2D eigenvalue weighted by Crippen LogP contribution is -2.05. The van der Waals surface area contributed by atoms with Gasteiger partial charge in [-0.3, -0.25) is 4.79 Å². The molecule has 1 aromatic carbocycles. The molecule has 0 atom stereocenters. The van der Waals surface area contributed by atoms with E-state index in [0.717, 1.165) is 5.56 Å². The molecular weight excluding hydrogens is 204 g/mol. The van der Waals surface area contributed by atoms with Gasteiger partial charge in [0.15, 0.2) is 5.78 Å². The second-order valence-electron chi connectivity index (χ2n) is 4.08. The SMILES string of the molecule is Cc1ccc(C(=O)CSC(C)C)cc1C. The minimum absolute atomic E-state index is 0.233. The summed E-state index contributed by atoms with van der Waals surface area (Å²) < 4.78 is 0. The van der Waals surface area contributed by atoms with Gasteiger partial charge in [-0.05, 0) is 36.3 Å². The van der Waals surface area contributed by atoms with E-state index >= 15 is 0 Å². The predicted octanol–water partition coefficient (Wildman–Crippen LogP) is 3.63. The lowest BCUT2D eigenvalue weighted by molar-refractivity contribution is 0.102. The number of rotatable bonds is 4. The normalized spacial score (nSPS) is 10.7. The molecule has 1 rings (SSSR count). The van der Waals surface area contributed by atoms with Gasteiger partial charge in [0.1, 0.15) is 0 Å². The molecule has 0 radical (unpaired) electrons. The maximum atomic E-state index is 11.8. The van der Waals surface area contributed by atoms with E-state index in [2.05, 4.69) is 20.8 Å². The highest BCUT2D eigenvalue weighted by Gasteiger charge is 2.07. The summed E-state index contributed by atoms with van der Waals surface area (Å²) in [5.41, 5.74) is 3.27. The molecule has 0 fully saturated rings. The monoisotopic (exact) mass is 222 g/mol. The Bertz CT molecular complexity index is 356. The Morgan fingerprint density at radius 3 is 2.47 bits per heavy atom. The van der Waals surface area contributed by atoms with Crippen LogP contribution < -0.4 is 0 Å². The first-order valence-electron chi connectivity index (χ1n) is 5.22. The second kappa shape index (κ2) is 5.36. The molecular formula is C13H18OS. The van der Waals surface area contributed by atoms with Crippen molar-refractivity contribution in [1.82, 2.24) is 0 Å². The van der Waals surface area contributed by atoms with Gasteiger partial charge < -0.3 is 0 Å². The zero-order valence-corrected chi connectivity index (χ0v) is 10.6. The van der Waals surface area contributed by atoms with E-state index in [0.29, 0.717) is 11.0 Å². The van der Waals surface area contributed by atoms with Crippen molar-refractivity contribution in [3.63, 3.8) is 0 Å². The fraction of sp³-hybridized carbons (Fsp3) is 0.462. The molecule has 0 spiro atoms. The number of hydrogen-bond acceptors (Lipinski definition) is 2. The van der Waals surface area contributed by atoms with Crippen molar-refractivity contribution in [2.45, 2.75) is 32.9 Å². The minimum Gasteiger partial charge on any atom is -0.293 e. The van der Waals surface area contributed by atoms with E-state index in [1.807, 2.05) is 25.1 Å². The molecule has 0 N–H and O–H groups in total. The summed E-state index contributed by atoms with van der Waals surface area (Å²) in [6.45, 7) is 8.32. The first-order valence-corrected chi connectivity index (χ1v) is 6.27. The molecule has 82 valence electrons. The molecule has 15 heavy (non-hydrogen) atoms. The summed E-state index contributed by atoms with van der Waals surface area (Å²) in [4.78, 5) is 11.8. The van der Waals surface area contributed by atoms with Crippen molar-refractivity contribution < 1.29 is 4.79 Å². The smallest absolute Gasteiger partial charge is 0.172 e. The van der Waals surface area contributed by atoms with Gasteiger partial charge in [-0.25, -0.2) is 0 Å². The van der Waals surface area contributed by atoms with Gasteiger partial charge in [0.25, 0.3) is 0 Å². The predicted molar refractivity (Wildman–Crippen MR) is 67.8 cm³/mol. The van der Waals surface area contributed by atoms with Crippen LogP contribution in [0.15, 0.2) is 18.2 Å². The minimum atomic E-state index is 0.233. The van der Waals surface area contributed by atoms with E-state index in [-0.39, 0.29) is 5.78 Å². The van der Waals surface area contributed by atoms with Crippen molar-refractivity contribution in [2.75, 3.05) is 5.75 Å². The molecule has 0 saturated heterocycles. The standard InChI is InChI=1S/C13H18OS/c1-9(2)15-8-13(14)12-6-5-10(3)11(4)7-12/h5-7,9H,8H2,1-4H3. The highest BCUT2D eigenvalue weighted by molar-refractivity contribution is 8.00. The average Bonchev–Trinajstić information content (AvgIpc) is 2.18. The van der Waals surface area contributed by atoms with E-state index < -0.39 is 0 Å². The van der Waals surface area contributed by atoms with Crippen molar-refractivity contribution in [3.8, 4) is 0 Å². The summed E-state index contributed by atoms with van der Waals surface area (Å²) in [6, 6.07) is 5.92. The molecule has 0 aliphatic heterocycles. The molecule has 0 aliphatic rings. The Morgan fingerprint density at radius 2 is 1.93 bits per heavy atom. The summed E-state index contributed by atoms with van der Waals surface area (Å²) in [7, 11) is 0. The van der Waals surface area contributed by atoms with E-state index in [1.54, 1.807) is 11.8 Å². The van der Waals surface area contributed by atoms with Crippen LogP contribution in [0.25, 0.3) is 0 Å². The topological polar surface area (TPSA) is 17.1 Å². The summed E-state index contributed by atoms with van der Waals surface area (Å²) in [5, 5.41) is 0.514. The third-order valence-electron chi connectivity index (χ3n) is 2.38. The molecule has 0 bridgehead atoms. The molecule has 1 nitrogen and oxygen atoms in total. The number of carbonyl (C=O) groups is 1. The van der Waals surface area contributed by atoms with Gasteiger partial charge in [-0.2, -0.15) is 11.8 Å². The molecule has 0 aromatic heterocycles. The maximum Gasteiger partial charge on any atom is 0.172 e. The van der Waals surface area contributed by atoms with Crippen molar-refractivity contribution in [2.24, 2.45) is 0 Å². The highest BCUT2D eigenvalue weighted by atomic mass is 32.2. The molecule has 0 aliphatic carbocycles. The van der Waals surface area contributed by atoms with Crippen LogP contribution in [0.1, 0.15) is 35.3 Å². The van der Waals surface area contributed by atoms with Crippen LogP contribution in [-0.2, 0) is 0 Å². The van der Waals surface area contributed by atoms with Crippen molar-refractivity contribution in [3.05, 3.63) is 34.9 Å². The number of thioether (sulfide) groups is 1. The Labute approximate surface area is 96.3 Å². The largest absolute Gasteiger partial charge is 0.293 e. The zero-order chi connectivity index (χ0) is 11.4. The number of Topliss-reactive ketones (excluding diaryl/α,β-unsaturated/α-hetero) is 1. The van der Waals surface area contributed by atoms with E-state index in [1.165, 1.54) is 11.1 Å². The van der Waals surface area contributed by atoms with Gasteiger partial charge in [-0.1, -0.05) is 26.0 Å². The molecule has 0 unspecified atom stereocenters. The van der Waals surface area contributed by atoms with E-state index in [9.17, 15) is 4.79 Å². The van der Waals surface area contributed by atoms with Gasteiger partial charge in [-0.15, -0.1) is 0 Å². The van der Waals surface area contributed by atoms with Crippen molar-refractivity contribution >= 4 is 17.5 Å². The Hall–Kier alpha value is -0.760. The summed E-state index contributed by atoms with van der Waals surface area (Å²) in [6.07, 6.45) is 0. The molecule has 0 heterocycles. The highest BCUT2D eigenvalue weighted by Crippen LogP contribution is 2.15. The number of carbonyl (C=O) groups excluding carboxylic acids is 1. The number of aryl methyl sites for hydroxylation is 2. The third-order valence-corrected chi connectivity index (χ3v) is 3.47. The van der Waals surface area contributed by atoms with Gasteiger partial charge in [0.2, 0.25) is 0 Å². The molecule has 0 saturated carbocycles. The van der Waals surface area contributed by atoms with Crippen LogP contribution >= 0.6 is 11.8 Å². The number of benzene rings is 1.